The molecule has 0 bridgehead atoms. The fraction of sp³-hybridized carbons (Fsp3) is 0.625. The molecule has 1 heterocycles. The Hall–Kier alpha value is -1.20. The minimum atomic E-state index is -4.22. The number of alkyl halides is 3. The largest absolute Gasteiger partial charge is 0.408 e. The van der Waals surface area contributed by atoms with Gasteiger partial charge in [-0.1, -0.05) is 0 Å². The topological polar surface area (TPSA) is 29.9 Å². The molecule has 0 aliphatic carbocycles. The number of halogens is 3. The lowest BCUT2D eigenvalue weighted by Crippen LogP contribution is -2.17. The molecule has 1 rings (SSSR count). The molecule has 0 fully saturated rings. The standard InChI is InChI=1S/C8H12F3N3/c1-6(2)13-7-3-12-14(4-7)5-8(9,10)11/h3-4,6,13H,5H2,1-2H3. The molecule has 0 spiro atoms. The highest BCUT2D eigenvalue weighted by Gasteiger charge is 2.28. The molecule has 0 radical (unpaired) electrons. The Balaban J connectivity index is 2.60. The van der Waals surface area contributed by atoms with E-state index in [1.165, 1.54) is 12.4 Å². The molecule has 1 aromatic heterocycles. The number of rotatable bonds is 3. The van der Waals surface area contributed by atoms with E-state index >= 15 is 0 Å². The molecular weight excluding hydrogens is 195 g/mol. The van der Waals surface area contributed by atoms with Gasteiger partial charge in [0, 0.05) is 12.2 Å². The van der Waals surface area contributed by atoms with E-state index in [1.807, 2.05) is 13.8 Å². The molecule has 0 atom stereocenters. The minimum Gasteiger partial charge on any atom is -0.380 e. The van der Waals surface area contributed by atoms with E-state index in [-0.39, 0.29) is 6.04 Å². The van der Waals surface area contributed by atoms with Gasteiger partial charge in [0.05, 0.1) is 11.9 Å². The van der Waals surface area contributed by atoms with Gasteiger partial charge in [-0.2, -0.15) is 18.3 Å². The molecule has 0 aliphatic rings. The molecule has 14 heavy (non-hydrogen) atoms. The van der Waals surface area contributed by atoms with E-state index in [0.717, 1.165) is 4.68 Å². The van der Waals surface area contributed by atoms with E-state index < -0.39 is 12.7 Å². The summed E-state index contributed by atoms with van der Waals surface area (Å²) in [5.74, 6) is 0. The fourth-order valence-electron chi connectivity index (χ4n) is 1.04. The molecule has 0 amide bonds. The van der Waals surface area contributed by atoms with Crippen molar-refractivity contribution in [1.29, 1.82) is 0 Å². The van der Waals surface area contributed by atoms with Crippen molar-refractivity contribution >= 4 is 5.69 Å². The third kappa shape index (κ3) is 3.68. The summed E-state index contributed by atoms with van der Waals surface area (Å²) in [6, 6.07) is 0.179. The lowest BCUT2D eigenvalue weighted by molar-refractivity contribution is -0.142. The lowest BCUT2D eigenvalue weighted by Gasteiger charge is -2.07. The normalized spacial score (nSPS) is 12.1. The Kier molecular flexibility index (Phi) is 3.03. The molecule has 0 saturated heterocycles. The average molecular weight is 207 g/mol. The smallest absolute Gasteiger partial charge is 0.380 e. The van der Waals surface area contributed by atoms with Gasteiger partial charge in [-0.3, -0.25) is 4.68 Å². The Morgan fingerprint density at radius 2 is 2.14 bits per heavy atom. The second kappa shape index (κ2) is 3.89. The minimum absolute atomic E-state index is 0.179. The average Bonchev–Trinajstić information content (AvgIpc) is 2.30. The third-order valence-electron chi connectivity index (χ3n) is 1.43. The number of nitrogens with zero attached hydrogens (tertiary/aromatic N) is 2. The summed E-state index contributed by atoms with van der Waals surface area (Å²) in [6.45, 7) is 2.76. The van der Waals surface area contributed by atoms with Crippen LogP contribution in [0.2, 0.25) is 0 Å². The summed E-state index contributed by atoms with van der Waals surface area (Å²) in [5.41, 5.74) is 0.601. The highest BCUT2D eigenvalue weighted by molar-refractivity contribution is 5.38. The van der Waals surface area contributed by atoms with E-state index in [1.54, 1.807) is 0 Å². The Labute approximate surface area is 79.9 Å². The van der Waals surface area contributed by atoms with Crippen LogP contribution in [0.1, 0.15) is 13.8 Å². The van der Waals surface area contributed by atoms with Crippen LogP contribution in [-0.4, -0.2) is 22.0 Å². The summed E-state index contributed by atoms with van der Waals surface area (Å²) in [5, 5.41) is 6.55. The summed E-state index contributed by atoms with van der Waals surface area (Å²) < 4.78 is 36.7. The Morgan fingerprint density at radius 1 is 1.50 bits per heavy atom. The molecule has 0 aromatic carbocycles. The zero-order valence-corrected chi connectivity index (χ0v) is 7.97. The van der Waals surface area contributed by atoms with Crippen LogP contribution >= 0.6 is 0 Å². The SMILES string of the molecule is CC(C)Nc1cnn(CC(F)(F)F)c1. The summed E-state index contributed by atoms with van der Waals surface area (Å²) >= 11 is 0. The highest BCUT2D eigenvalue weighted by Crippen LogP contribution is 2.18. The first-order valence-corrected chi connectivity index (χ1v) is 4.22. The molecule has 1 N–H and O–H groups in total. The van der Waals surface area contributed by atoms with Gasteiger partial charge < -0.3 is 5.32 Å². The van der Waals surface area contributed by atoms with E-state index in [2.05, 4.69) is 10.4 Å². The predicted octanol–water partition coefficient (Wildman–Crippen LogP) is 2.27. The van der Waals surface area contributed by atoms with Gasteiger partial charge in [0.2, 0.25) is 0 Å². The van der Waals surface area contributed by atoms with Crippen LogP contribution in [0.4, 0.5) is 18.9 Å². The first-order chi connectivity index (χ1) is 6.37. The van der Waals surface area contributed by atoms with Gasteiger partial charge in [0.15, 0.2) is 0 Å². The molecule has 0 aliphatic heterocycles. The fourth-order valence-corrected chi connectivity index (χ4v) is 1.04. The van der Waals surface area contributed by atoms with Crippen LogP contribution in [0.3, 0.4) is 0 Å². The maximum Gasteiger partial charge on any atom is 0.408 e. The zero-order chi connectivity index (χ0) is 10.8. The quantitative estimate of drug-likeness (QED) is 0.823. The first kappa shape index (κ1) is 10.9. The first-order valence-electron chi connectivity index (χ1n) is 4.22. The molecule has 0 saturated carbocycles. The van der Waals surface area contributed by atoms with Gasteiger partial charge >= 0.3 is 6.18 Å². The van der Waals surface area contributed by atoms with Crippen LogP contribution < -0.4 is 5.32 Å². The Bertz CT molecular complexity index is 290. The number of hydrogen-bond acceptors (Lipinski definition) is 2. The highest BCUT2D eigenvalue weighted by atomic mass is 19.4. The summed E-state index contributed by atoms with van der Waals surface area (Å²) in [4.78, 5) is 0. The monoisotopic (exact) mass is 207 g/mol. The van der Waals surface area contributed by atoms with Crippen molar-refractivity contribution in [3.63, 3.8) is 0 Å². The Morgan fingerprint density at radius 3 is 2.64 bits per heavy atom. The lowest BCUT2D eigenvalue weighted by atomic mass is 10.4. The molecule has 1 aromatic rings. The summed E-state index contributed by atoms with van der Waals surface area (Å²) in [6.07, 6.45) is -1.50. The van der Waals surface area contributed by atoms with Gasteiger partial charge in [-0.25, -0.2) is 0 Å². The second-order valence-electron chi connectivity index (χ2n) is 3.34. The van der Waals surface area contributed by atoms with Crippen LogP contribution in [0, 0.1) is 0 Å². The van der Waals surface area contributed by atoms with Crippen molar-refractivity contribution in [3.8, 4) is 0 Å². The molecule has 0 unspecified atom stereocenters. The number of anilines is 1. The van der Waals surface area contributed by atoms with E-state index in [4.69, 9.17) is 0 Å². The van der Waals surface area contributed by atoms with Crippen molar-refractivity contribution in [2.75, 3.05) is 5.32 Å². The number of hydrogen-bond donors (Lipinski definition) is 1. The van der Waals surface area contributed by atoms with Crippen LogP contribution in [0.15, 0.2) is 12.4 Å². The third-order valence-corrected chi connectivity index (χ3v) is 1.43. The molecular formula is C8H12F3N3. The van der Waals surface area contributed by atoms with E-state index in [9.17, 15) is 13.2 Å². The zero-order valence-electron chi connectivity index (χ0n) is 7.97. The maximum atomic E-state index is 11.9. The second-order valence-corrected chi connectivity index (χ2v) is 3.34. The van der Waals surface area contributed by atoms with Gasteiger partial charge in [0.25, 0.3) is 0 Å². The van der Waals surface area contributed by atoms with Crippen molar-refractivity contribution in [3.05, 3.63) is 12.4 Å². The molecule has 3 nitrogen and oxygen atoms in total. The maximum absolute atomic E-state index is 11.9. The van der Waals surface area contributed by atoms with Crippen LogP contribution in [-0.2, 0) is 6.54 Å². The van der Waals surface area contributed by atoms with Crippen molar-refractivity contribution in [1.82, 2.24) is 9.78 Å². The predicted molar refractivity (Wildman–Crippen MR) is 47.0 cm³/mol. The van der Waals surface area contributed by atoms with Gasteiger partial charge in [-0.15, -0.1) is 0 Å². The summed E-state index contributed by atoms with van der Waals surface area (Å²) in [7, 11) is 0. The van der Waals surface area contributed by atoms with Gasteiger partial charge in [-0.05, 0) is 13.8 Å². The van der Waals surface area contributed by atoms with Crippen LogP contribution in [0.25, 0.3) is 0 Å². The molecule has 80 valence electrons. The van der Waals surface area contributed by atoms with Crippen molar-refractivity contribution < 1.29 is 13.2 Å². The van der Waals surface area contributed by atoms with Crippen LogP contribution in [0.5, 0.6) is 0 Å². The van der Waals surface area contributed by atoms with Crippen molar-refractivity contribution in [2.45, 2.75) is 32.6 Å². The molecule has 6 heteroatoms. The number of aromatic nitrogens is 2. The number of nitrogens with one attached hydrogen (secondary N) is 1. The van der Waals surface area contributed by atoms with E-state index in [0.29, 0.717) is 5.69 Å². The van der Waals surface area contributed by atoms with Gasteiger partial charge in [0.1, 0.15) is 6.54 Å². The van der Waals surface area contributed by atoms with Crippen molar-refractivity contribution in [2.24, 2.45) is 0 Å².